The Morgan fingerprint density at radius 3 is 2.81 bits per heavy atom. The molecule has 0 saturated carbocycles. The third-order valence-corrected chi connectivity index (χ3v) is 1.91. The molecule has 1 heterocycles. The number of nitrogens with zero attached hydrogens (tertiary/aromatic N) is 1. The molecule has 1 aromatic heterocycles. The molecule has 88 valence electrons. The minimum atomic E-state index is -0.552. The lowest BCUT2D eigenvalue weighted by Gasteiger charge is -2.08. The fraction of sp³-hybridized carbons (Fsp3) is 0.455. The molecule has 0 atom stereocenters. The zero-order valence-corrected chi connectivity index (χ0v) is 9.58. The van der Waals surface area contributed by atoms with Gasteiger partial charge in [-0.3, -0.25) is 4.79 Å². The van der Waals surface area contributed by atoms with E-state index in [1.54, 1.807) is 0 Å². The van der Waals surface area contributed by atoms with E-state index in [-0.39, 0.29) is 23.4 Å². The number of pyridine rings is 1. The van der Waals surface area contributed by atoms with E-state index in [1.807, 2.05) is 13.8 Å². The first-order valence-electron chi connectivity index (χ1n) is 5.02. The molecule has 0 aliphatic rings. The Kier molecular flexibility index (Phi) is 4.22. The fourth-order valence-electron chi connectivity index (χ4n) is 1.19. The SMILES string of the molecule is COc1cc(F)c(NC(=O)CC(C)C)cn1. The number of aromatic nitrogens is 1. The Bertz CT molecular complexity index is 380. The third kappa shape index (κ3) is 3.49. The number of hydrogen-bond donors (Lipinski definition) is 1. The predicted molar refractivity (Wildman–Crippen MR) is 58.8 cm³/mol. The summed E-state index contributed by atoms with van der Waals surface area (Å²) in [6.07, 6.45) is 1.60. The van der Waals surface area contributed by atoms with E-state index in [9.17, 15) is 9.18 Å². The van der Waals surface area contributed by atoms with Crippen molar-refractivity contribution in [1.29, 1.82) is 0 Å². The second-order valence-electron chi connectivity index (χ2n) is 3.85. The lowest BCUT2D eigenvalue weighted by molar-refractivity contribution is -0.116. The first-order chi connectivity index (χ1) is 7.52. The number of halogens is 1. The number of carbonyl (C=O) groups excluding carboxylic acids is 1. The van der Waals surface area contributed by atoms with Crippen molar-refractivity contribution in [3.8, 4) is 5.88 Å². The van der Waals surface area contributed by atoms with Gasteiger partial charge in [0, 0.05) is 12.5 Å². The molecular weight excluding hydrogens is 211 g/mol. The Morgan fingerprint density at radius 2 is 2.31 bits per heavy atom. The fourth-order valence-corrected chi connectivity index (χ4v) is 1.19. The number of ether oxygens (including phenoxy) is 1. The van der Waals surface area contributed by atoms with E-state index < -0.39 is 5.82 Å². The predicted octanol–water partition coefficient (Wildman–Crippen LogP) is 2.21. The van der Waals surface area contributed by atoms with Crippen molar-refractivity contribution < 1.29 is 13.9 Å². The van der Waals surface area contributed by atoms with Gasteiger partial charge in [0.05, 0.1) is 19.0 Å². The first kappa shape index (κ1) is 12.4. The smallest absolute Gasteiger partial charge is 0.224 e. The molecule has 0 unspecified atom stereocenters. The second kappa shape index (κ2) is 5.44. The lowest BCUT2D eigenvalue weighted by Crippen LogP contribution is -2.15. The highest BCUT2D eigenvalue weighted by Gasteiger charge is 2.10. The maximum Gasteiger partial charge on any atom is 0.224 e. The normalized spacial score (nSPS) is 10.3. The molecule has 0 aliphatic heterocycles. The molecule has 16 heavy (non-hydrogen) atoms. The lowest BCUT2D eigenvalue weighted by atomic mass is 10.1. The number of anilines is 1. The highest BCUT2D eigenvalue weighted by molar-refractivity contribution is 5.90. The quantitative estimate of drug-likeness (QED) is 0.856. The van der Waals surface area contributed by atoms with E-state index >= 15 is 0 Å². The summed E-state index contributed by atoms with van der Waals surface area (Å²) >= 11 is 0. The average Bonchev–Trinajstić information content (AvgIpc) is 2.19. The number of rotatable bonds is 4. The molecule has 0 bridgehead atoms. The van der Waals surface area contributed by atoms with Crippen LogP contribution in [0, 0.1) is 11.7 Å². The highest BCUT2D eigenvalue weighted by atomic mass is 19.1. The van der Waals surface area contributed by atoms with Crippen molar-refractivity contribution >= 4 is 11.6 Å². The summed E-state index contributed by atoms with van der Waals surface area (Å²) in [5, 5.41) is 2.46. The van der Waals surface area contributed by atoms with E-state index in [0.717, 1.165) is 6.07 Å². The van der Waals surface area contributed by atoms with Crippen molar-refractivity contribution in [3.63, 3.8) is 0 Å². The van der Waals surface area contributed by atoms with E-state index in [2.05, 4.69) is 10.3 Å². The summed E-state index contributed by atoms with van der Waals surface area (Å²) < 4.78 is 18.2. The minimum absolute atomic E-state index is 0.0754. The molecule has 0 aliphatic carbocycles. The molecule has 0 radical (unpaired) electrons. The van der Waals surface area contributed by atoms with Crippen LogP contribution in [-0.2, 0) is 4.79 Å². The van der Waals surface area contributed by atoms with Crippen molar-refractivity contribution in [1.82, 2.24) is 4.98 Å². The van der Waals surface area contributed by atoms with E-state index in [1.165, 1.54) is 13.3 Å². The third-order valence-electron chi connectivity index (χ3n) is 1.91. The van der Waals surface area contributed by atoms with Crippen LogP contribution in [0.1, 0.15) is 20.3 Å². The van der Waals surface area contributed by atoms with Crippen LogP contribution in [0.2, 0.25) is 0 Å². The number of hydrogen-bond acceptors (Lipinski definition) is 3. The standard InChI is InChI=1S/C11H15FN2O2/c1-7(2)4-10(15)14-9-6-13-11(16-3)5-8(9)12/h5-7H,4H2,1-3H3,(H,14,15). The molecule has 0 aromatic carbocycles. The van der Waals surface area contributed by atoms with E-state index in [0.29, 0.717) is 6.42 Å². The van der Waals surface area contributed by atoms with Gasteiger partial charge in [-0.2, -0.15) is 0 Å². The van der Waals surface area contributed by atoms with Crippen LogP contribution in [0.4, 0.5) is 10.1 Å². The number of methoxy groups -OCH3 is 1. The minimum Gasteiger partial charge on any atom is -0.481 e. The van der Waals surface area contributed by atoms with Gasteiger partial charge in [0.1, 0.15) is 0 Å². The van der Waals surface area contributed by atoms with Gasteiger partial charge >= 0.3 is 0 Å². The van der Waals surface area contributed by atoms with Crippen LogP contribution in [0.15, 0.2) is 12.3 Å². The highest BCUT2D eigenvalue weighted by Crippen LogP contribution is 2.17. The summed E-state index contributed by atoms with van der Waals surface area (Å²) in [4.78, 5) is 15.2. The summed E-state index contributed by atoms with van der Waals surface area (Å²) in [6, 6.07) is 1.13. The van der Waals surface area contributed by atoms with Gasteiger partial charge < -0.3 is 10.1 Å². The number of nitrogens with one attached hydrogen (secondary N) is 1. The average molecular weight is 226 g/mol. The van der Waals surface area contributed by atoms with Gasteiger partial charge in [0.2, 0.25) is 11.8 Å². The Morgan fingerprint density at radius 1 is 1.62 bits per heavy atom. The maximum absolute atomic E-state index is 13.4. The van der Waals surface area contributed by atoms with Crippen LogP contribution >= 0.6 is 0 Å². The topological polar surface area (TPSA) is 51.2 Å². The molecule has 1 N–H and O–H groups in total. The van der Waals surface area contributed by atoms with Gasteiger partial charge in [-0.05, 0) is 5.92 Å². The largest absolute Gasteiger partial charge is 0.481 e. The number of amides is 1. The zero-order chi connectivity index (χ0) is 12.1. The van der Waals surface area contributed by atoms with Crippen LogP contribution in [0.3, 0.4) is 0 Å². The van der Waals surface area contributed by atoms with Crippen molar-refractivity contribution in [3.05, 3.63) is 18.1 Å². The van der Waals surface area contributed by atoms with Crippen molar-refractivity contribution in [2.24, 2.45) is 5.92 Å². The molecule has 5 heteroatoms. The van der Waals surface area contributed by atoms with Gasteiger partial charge in [-0.1, -0.05) is 13.8 Å². The van der Waals surface area contributed by atoms with Crippen LogP contribution in [0.25, 0.3) is 0 Å². The van der Waals surface area contributed by atoms with Crippen LogP contribution in [0.5, 0.6) is 5.88 Å². The zero-order valence-electron chi connectivity index (χ0n) is 9.58. The van der Waals surface area contributed by atoms with Crippen molar-refractivity contribution in [2.45, 2.75) is 20.3 Å². The molecule has 4 nitrogen and oxygen atoms in total. The Hall–Kier alpha value is -1.65. The maximum atomic E-state index is 13.4. The summed E-state index contributed by atoms with van der Waals surface area (Å²) in [7, 11) is 1.40. The summed E-state index contributed by atoms with van der Waals surface area (Å²) in [5.74, 6) is -0.363. The monoisotopic (exact) mass is 226 g/mol. The Labute approximate surface area is 93.8 Å². The van der Waals surface area contributed by atoms with Gasteiger partial charge in [-0.15, -0.1) is 0 Å². The Balaban J connectivity index is 2.70. The second-order valence-corrected chi connectivity index (χ2v) is 3.85. The van der Waals surface area contributed by atoms with Crippen molar-refractivity contribution in [2.75, 3.05) is 12.4 Å². The van der Waals surface area contributed by atoms with Gasteiger partial charge in [-0.25, -0.2) is 9.37 Å². The van der Waals surface area contributed by atoms with Crippen LogP contribution < -0.4 is 10.1 Å². The van der Waals surface area contributed by atoms with Crippen LogP contribution in [-0.4, -0.2) is 18.0 Å². The number of carbonyl (C=O) groups is 1. The van der Waals surface area contributed by atoms with Gasteiger partial charge in [0.25, 0.3) is 0 Å². The van der Waals surface area contributed by atoms with Gasteiger partial charge in [0.15, 0.2) is 5.82 Å². The molecule has 1 rings (SSSR count). The molecular formula is C11H15FN2O2. The summed E-state index contributed by atoms with van der Waals surface area (Å²) in [6.45, 7) is 3.84. The first-order valence-corrected chi connectivity index (χ1v) is 5.02. The molecule has 0 fully saturated rings. The summed E-state index contributed by atoms with van der Waals surface area (Å²) in [5.41, 5.74) is 0.0754. The molecule has 0 spiro atoms. The molecule has 0 saturated heterocycles. The van der Waals surface area contributed by atoms with E-state index in [4.69, 9.17) is 4.74 Å². The molecule has 1 aromatic rings. The molecule has 1 amide bonds.